The summed E-state index contributed by atoms with van der Waals surface area (Å²) < 4.78 is 71.4. The Morgan fingerprint density at radius 3 is 1.30 bits per heavy atom. The van der Waals surface area contributed by atoms with Crippen molar-refractivity contribution in [3.63, 3.8) is 0 Å². The first kappa shape index (κ1) is 63.1. The highest BCUT2D eigenvalue weighted by Crippen LogP contribution is 2.43. The van der Waals surface area contributed by atoms with Crippen molar-refractivity contribution in [3.8, 4) is 0 Å². The first-order chi connectivity index (χ1) is 35.4. The zero-order valence-corrected chi connectivity index (χ0v) is 44.2. The zero-order valence-electron chi connectivity index (χ0n) is 44.2. The van der Waals surface area contributed by atoms with Gasteiger partial charge in [0.1, 0.15) is 43.6 Å². The van der Waals surface area contributed by atoms with Crippen LogP contribution in [0.5, 0.6) is 0 Å². The molecule has 76 heavy (non-hydrogen) atoms. The highest BCUT2D eigenvalue weighted by atomic mass is 16.8. The van der Waals surface area contributed by atoms with Gasteiger partial charge in [0.2, 0.25) is 41.1 Å². The van der Waals surface area contributed by atoms with Crippen LogP contribution in [0.25, 0.3) is 0 Å². The number of rotatable bonds is 17. The highest BCUT2D eigenvalue weighted by molar-refractivity contribution is 6.04. The summed E-state index contributed by atoms with van der Waals surface area (Å²) in [5.74, 6) is -12.3. The third-order valence-corrected chi connectivity index (χ3v) is 10.8. The van der Waals surface area contributed by atoms with Gasteiger partial charge in [-0.3, -0.25) is 78.8 Å². The van der Waals surface area contributed by atoms with Gasteiger partial charge in [0, 0.05) is 83.1 Å². The predicted octanol–water partition coefficient (Wildman–Crippen LogP) is -3.09. The van der Waals surface area contributed by atoms with Crippen LogP contribution in [0.15, 0.2) is 9.98 Å². The van der Waals surface area contributed by atoms with Gasteiger partial charge in [-0.2, -0.15) is 0 Å². The van der Waals surface area contributed by atoms with Crippen LogP contribution < -0.4 is 26.6 Å². The summed E-state index contributed by atoms with van der Waals surface area (Å²) in [5.41, 5.74) is -2.32. The number of nitrogens with one attached hydrogen (secondary N) is 5. The summed E-state index contributed by atoms with van der Waals surface area (Å²) in [4.78, 5) is 162. The largest absolute Gasteiger partial charge is 0.463 e. The predicted molar refractivity (Wildman–Crippen MR) is 249 cm³/mol. The molecule has 0 aromatic rings. The van der Waals surface area contributed by atoms with E-state index in [2.05, 4.69) is 36.6 Å². The van der Waals surface area contributed by atoms with E-state index >= 15 is 0 Å². The average molecular weight is 1090 g/mol. The summed E-state index contributed by atoms with van der Waals surface area (Å²) in [7, 11) is 1.36. The van der Waals surface area contributed by atoms with Gasteiger partial charge in [0.15, 0.2) is 49.2 Å². The van der Waals surface area contributed by atoms with E-state index < -0.39 is 188 Å². The molecule has 4 amide bonds. The second-order valence-electron chi connectivity index (χ2n) is 17.3. The quantitative estimate of drug-likeness (QED) is 0.0417. The molecule has 31 heteroatoms. The number of carbonyl (C=O) groups is 12. The molecule has 2 saturated heterocycles. The molecule has 3 rings (SSSR count). The van der Waals surface area contributed by atoms with Gasteiger partial charge in [-0.25, -0.2) is 9.98 Å². The maximum Gasteiger partial charge on any atom is 0.303 e. The van der Waals surface area contributed by atoms with Gasteiger partial charge < -0.3 is 62.2 Å². The Morgan fingerprint density at radius 1 is 0.461 bits per heavy atom. The molecule has 3 fully saturated rings. The van der Waals surface area contributed by atoms with E-state index in [1.54, 1.807) is 0 Å². The molecule has 3 aliphatic rings. The fourth-order valence-corrected chi connectivity index (χ4v) is 8.35. The molecular formula is C45H65N7O24. The maximum atomic E-state index is 13.3. The van der Waals surface area contributed by atoms with Crippen LogP contribution in [0.4, 0.5) is 0 Å². The van der Waals surface area contributed by atoms with Gasteiger partial charge in [-0.1, -0.05) is 0 Å². The smallest absolute Gasteiger partial charge is 0.303 e. The molecule has 5 N–H and O–H groups in total. The number of amides is 4. The second kappa shape index (κ2) is 28.1. The SMILES string of the molecule is CNC1C(OC2C(OC3C(N=C(NC(C)=O)NC(C)=O)C(OC(C)=O)C(N=C(NC(C)=O)NC(C)=O)C(OC(C)=O)C3OC(C)=O)OC(C)C2(COC(C)=O)OC(C)=O)OC(COC(C)=O)C(OC(C)=O)C1OC(C)=O. The van der Waals surface area contributed by atoms with Crippen LogP contribution >= 0.6 is 0 Å². The Kier molecular flexibility index (Phi) is 23.3. The minimum atomic E-state index is -2.32. The second-order valence-corrected chi connectivity index (χ2v) is 17.3. The van der Waals surface area contributed by atoms with Crippen LogP contribution in [0.2, 0.25) is 0 Å². The minimum Gasteiger partial charge on any atom is -0.463 e. The first-order valence-corrected chi connectivity index (χ1v) is 23.3. The van der Waals surface area contributed by atoms with Crippen LogP contribution in [0.1, 0.15) is 90.0 Å². The van der Waals surface area contributed by atoms with Gasteiger partial charge in [-0.05, 0) is 14.0 Å². The molecule has 1 saturated carbocycles. The van der Waals surface area contributed by atoms with Crippen molar-refractivity contribution in [1.82, 2.24) is 26.6 Å². The number of nitrogens with zero attached hydrogens (tertiary/aromatic N) is 2. The van der Waals surface area contributed by atoms with Crippen molar-refractivity contribution in [2.75, 3.05) is 20.3 Å². The summed E-state index contributed by atoms with van der Waals surface area (Å²) in [5, 5.41) is 12.1. The molecule has 0 aromatic carbocycles. The Morgan fingerprint density at radius 2 is 0.882 bits per heavy atom. The number of likely N-dealkylation sites (N-methyl/N-ethyl adjacent to an activating group) is 1. The summed E-state index contributed by atoms with van der Waals surface area (Å²) in [6.07, 6.45) is -20.0. The molecule has 2 aliphatic heterocycles. The number of aliphatic imine (C=N–C) groups is 2. The van der Waals surface area contributed by atoms with Gasteiger partial charge in [0.05, 0.1) is 6.04 Å². The Hall–Kier alpha value is -7.22. The van der Waals surface area contributed by atoms with Crippen molar-refractivity contribution in [1.29, 1.82) is 0 Å². The van der Waals surface area contributed by atoms with Gasteiger partial charge in [0.25, 0.3) is 0 Å². The topological polar surface area (TPSA) is 400 Å². The molecule has 424 valence electrons. The Bertz CT molecular complexity index is 2260. The van der Waals surface area contributed by atoms with Crippen LogP contribution in [0, 0.1) is 0 Å². The van der Waals surface area contributed by atoms with Crippen molar-refractivity contribution < 1.29 is 114 Å². The Balaban J connectivity index is 2.59. The minimum absolute atomic E-state index is 0.619. The van der Waals surface area contributed by atoms with Gasteiger partial charge in [-0.15, -0.1) is 0 Å². The van der Waals surface area contributed by atoms with Crippen LogP contribution in [0.3, 0.4) is 0 Å². The van der Waals surface area contributed by atoms with E-state index in [9.17, 15) is 57.5 Å². The number of guanidine groups is 2. The Labute approximate surface area is 435 Å². The molecule has 1 aliphatic carbocycles. The molecule has 15 unspecified atom stereocenters. The van der Waals surface area contributed by atoms with Gasteiger partial charge >= 0.3 is 47.8 Å². The number of esters is 8. The lowest BCUT2D eigenvalue weighted by atomic mass is 9.81. The normalized spacial score (nSPS) is 29.5. The maximum absolute atomic E-state index is 13.3. The molecule has 0 aromatic heterocycles. The molecule has 0 spiro atoms. The van der Waals surface area contributed by atoms with Crippen molar-refractivity contribution in [2.24, 2.45) is 9.98 Å². The molecule has 2 heterocycles. The summed E-state index contributed by atoms with van der Waals surface area (Å²) in [6, 6.07) is -5.25. The molecule has 0 radical (unpaired) electrons. The van der Waals surface area contributed by atoms with E-state index in [-0.39, 0.29) is 0 Å². The summed E-state index contributed by atoms with van der Waals surface area (Å²) in [6.45, 7) is 11.9. The first-order valence-electron chi connectivity index (χ1n) is 23.3. The standard InChI is InChI=1S/C45H65N7O24/c1-17-45(76-29(13)64,16-66-23(7)58)40(75-41-33(46-14)38(71-27(11)62)34(68-24(8)59)30(73-41)15-65-22(6)57)42(67-17)74-37-32(52-44(49-20(4)55)50-21(5)56)35(69-25(9)60)31(51-43(47-18(2)53)48-19(3)54)36(70-26(10)61)39(37)72-28(12)63/h17,30-42,46H,15-16H2,1-14H3,(H2,47,48,51,53,54)(H2,49,50,52,55,56). The number of carbonyl (C=O) groups excluding carboxylic acids is 12. The van der Waals surface area contributed by atoms with E-state index in [1.807, 2.05) is 0 Å². The van der Waals surface area contributed by atoms with Crippen LogP contribution in [-0.2, 0) is 114 Å². The fourth-order valence-electron chi connectivity index (χ4n) is 8.35. The molecule has 0 bridgehead atoms. The van der Waals surface area contributed by atoms with E-state index in [0.29, 0.717) is 0 Å². The van der Waals surface area contributed by atoms with E-state index in [0.717, 1.165) is 83.1 Å². The zero-order chi connectivity index (χ0) is 57.5. The monoisotopic (exact) mass is 1090 g/mol. The molecule has 31 nitrogen and oxygen atoms in total. The lowest BCUT2D eigenvalue weighted by molar-refractivity contribution is -0.320. The van der Waals surface area contributed by atoms with Crippen molar-refractivity contribution in [2.45, 2.75) is 181 Å². The number of ether oxygens (including phenoxy) is 12. The highest BCUT2D eigenvalue weighted by Gasteiger charge is 2.65. The third kappa shape index (κ3) is 18.0. The van der Waals surface area contributed by atoms with E-state index in [4.69, 9.17) is 56.8 Å². The van der Waals surface area contributed by atoms with Crippen molar-refractivity contribution in [3.05, 3.63) is 0 Å². The lowest BCUT2D eigenvalue weighted by Gasteiger charge is -2.48. The average Bonchev–Trinajstić information content (AvgIpc) is 3.49. The van der Waals surface area contributed by atoms with Crippen molar-refractivity contribution >= 4 is 83.3 Å². The van der Waals surface area contributed by atoms with Crippen LogP contribution in [-0.4, -0.2) is 195 Å². The number of hydrogen-bond donors (Lipinski definition) is 5. The summed E-state index contributed by atoms with van der Waals surface area (Å²) >= 11 is 0. The number of hydrogen-bond acceptors (Lipinski definition) is 27. The molecule has 15 atom stereocenters. The fraction of sp³-hybridized carbons (Fsp3) is 0.689. The third-order valence-electron chi connectivity index (χ3n) is 10.8. The molecular weight excluding hydrogens is 1020 g/mol. The lowest BCUT2D eigenvalue weighted by Crippen LogP contribution is -2.69. The van der Waals surface area contributed by atoms with E-state index in [1.165, 1.54) is 14.0 Å².